The zero-order valence-electron chi connectivity index (χ0n) is 15.0. The average Bonchev–Trinajstić information content (AvgIpc) is 3.05. The van der Waals surface area contributed by atoms with Crippen LogP contribution in [-0.4, -0.2) is 15.1 Å². The van der Waals surface area contributed by atoms with Gasteiger partial charge in [0.05, 0.1) is 4.88 Å². The summed E-state index contributed by atoms with van der Waals surface area (Å²) in [5, 5.41) is 12.1. The molecule has 2 N–H and O–H groups in total. The van der Waals surface area contributed by atoms with Gasteiger partial charge in [0.25, 0.3) is 0 Å². The molecule has 1 atom stereocenters. The van der Waals surface area contributed by atoms with E-state index in [-0.39, 0.29) is 16.7 Å². The SMILES string of the molecule is O=c1[nH]c(O)c([C@@H]2CCCc3cc(Oc4nccc5ccccc45)ccc32)s1. The van der Waals surface area contributed by atoms with Crippen molar-refractivity contribution in [2.75, 3.05) is 0 Å². The third-order valence-electron chi connectivity index (χ3n) is 5.25. The Morgan fingerprint density at radius 3 is 2.93 bits per heavy atom. The number of pyridine rings is 1. The Hall–Kier alpha value is -3.12. The quantitative estimate of drug-likeness (QED) is 0.519. The summed E-state index contributed by atoms with van der Waals surface area (Å²) in [6.45, 7) is 0. The molecule has 6 heteroatoms. The number of rotatable bonds is 3. The predicted octanol–water partition coefficient (Wildman–Crippen LogP) is 4.95. The third kappa shape index (κ3) is 2.96. The normalized spacial score (nSPS) is 16.1. The van der Waals surface area contributed by atoms with Crippen LogP contribution in [0.5, 0.6) is 17.5 Å². The highest BCUT2D eigenvalue weighted by molar-refractivity contribution is 7.09. The number of aromatic nitrogens is 2. The van der Waals surface area contributed by atoms with Crippen molar-refractivity contribution in [3.8, 4) is 17.5 Å². The first-order valence-electron chi connectivity index (χ1n) is 9.25. The number of aromatic amines is 1. The van der Waals surface area contributed by atoms with Gasteiger partial charge in [0, 0.05) is 17.5 Å². The van der Waals surface area contributed by atoms with E-state index >= 15 is 0 Å². The lowest BCUT2D eigenvalue weighted by Crippen LogP contribution is -2.10. The van der Waals surface area contributed by atoms with Gasteiger partial charge in [0.15, 0.2) is 0 Å². The van der Waals surface area contributed by atoms with E-state index in [2.05, 4.69) is 16.0 Å². The maximum absolute atomic E-state index is 11.6. The summed E-state index contributed by atoms with van der Waals surface area (Å²) in [7, 11) is 0. The maximum Gasteiger partial charge on any atom is 0.307 e. The van der Waals surface area contributed by atoms with Crippen LogP contribution in [-0.2, 0) is 6.42 Å². The smallest absolute Gasteiger partial charge is 0.307 e. The van der Waals surface area contributed by atoms with Crippen LogP contribution in [0.1, 0.15) is 34.8 Å². The van der Waals surface area contributed by atoms with Crippen LogP contribution in [0, 0.1) is 0 Å². The molecule has 1 aliphatic rings. The zero-order valence-corrected chi connectivity index (χ0v) is 15.8. The number of nitrogens with one attached hydrogen (secondary N) is 1. The van der Waals surface area contributed by atoms with Gasteiger partial charge in [-0.25, -0.2) is 4.98 Å². The van der Waals surface area contributed by atoms with Gasteiger partial charge in [-0.2, -0.15) is 0 Å². The van der Waals surface area contributed by atoms with E-state index in [0.29, 0.717) is 5.88 Å². The molecule has 0 saturated carbocycles. The van der Waals surface area contributed by atoms with Gasteiger partial charge in [0.1, 0.15) is 5.75 Å². The van der Waals surface area contributed by atoms with E-state index in [1.165, 1.54) is 5.56 Å². The Bertz CT molecular complexity index is 1220. The monoisotopic (exact) mass is 390 g/mol. The number of fused-ring (bicyclic) bond motifs is 2. The number of aryl methyl sites for hydroxylation is 1. The lowest BCUT2D eigenvalue weighted by molar-refractivity contribution is 0.443. The molecule has 0 fully saturated rings. The lowest BCUT2D eigenvalue weighted by Gasteiger charge is -2.25. The first kappa shape index (κ1) is 17.0. The summed E-state index contributed by atoms with van der Waals surface area (Å²) < 4.78 is 6.11. The molecule has 1 aliphatic carbocycles. The van der Waals surface area contributed by atoms with Gasteiger partial charge in [-0.1, -0.05) is 35.6 Å². The molecule has 0 radical (unpaired) electrons. The molecule has 4 aromatic rings. The summed E-state index contributed by atoms with van der Waals surface area (Å²) in [5.74, 6) is 1.37. The fraction of sp³-hybridized carbons (Fsp3) is 0.182. The van der Waals surface area contributed by atoms with Crippen molar-refractivity contribution in [2.45, 2.75) is 25.2 Å². The van der Waals surface area contributed by atoms with Crippen LogP contribution >= 0.6 is 11.3 Å². The number of thiazole rings is 1. The van der Waals surface area contributed by atoms with Gasteiger partial charge >= 0.3 is 4.87 Å². The third-order valence-corrected chi connectivity index (χ3v) is 6.24. The number of nitrogens with zero attached hydrogens (tertiary/aromatic N) is 1. The highest BCUT2D eigenvalue weighted by Crippen LogP contribution is 2.42. The van der Waals surface area contributed by atoms with Gasteiger partial charge in [-0.3, -0.25) is 9.78 Å². The van der Waals surface area contributed by atoms with Crippen LogP contribution < -0.4 is 9.61 Å². The number of H-pyrrole nitrogens is 1. The number of aromatic hydroxyl groups is 1. The van der Waals surface area contributed by atoms with Gasteiger partial charge < -0.3 is 9.84 Å². The van der Waals surface area contributed by atoms with E-state index in [0.717, 1.165) is 57.6 Å². The second-order valence-electron chi connectivity index (χ2n) is 6.97. The molecule has 0 aliphatic heterocycles. The lowest BCUT2D eigenvalue weighted by atomic mass is 9.82. The van der Waals surface area contributed by atoms with E-state index in [1.807, 2.05) is 42.5 Å². The second kappa shape index (κ2) is 6.80. The minimum atomic E-state index is -0.221. The minimum absolute atomic E-state index is 0.00636. The van der Waals surface area contributed by atoms with Gasteiger partial charge in [0.2, 0.25) is 11.8 Å². The molecule has 2 aromatic carbocycles. The molecule has 0 bridgehead atoms. The summed E-state index contributed by atoms with van der Waals surface area (Å²) in [5.41, 5.74) is 2.34. The highest BCUT2D eigenvalue weighted by Gasteiger charge is 2.26. The highest BCUT2D eigenvalue weighted by atomic mass is 32.1. The van der Waals surface area contributed by atoms with Crippen molar-refractivity contribution in [2.24, 2.45) is 0 Å². The van der Waals surface area contributed by atoms with Gasteiger partial charge in [-0.15, -0.1) is 0 Å². The Morgan fingerprint density at radius 2 is 2.07 bits per heavy atom. The van der Waals surface area contributed by atoms with Crippen LogP contribution in [0.4, 0.5) is 0 Å². The molecule has 0 spiro atoms. The topological polar surface area (TPSA) is 75.2 Å². The zero-order chi connectivity index (χ0) is 19.1. The van der Waals surface area contributed by atoms with E-state index < -0.39 is 0 Å². The van der Waals surface area contributed by atoms with Crippen LogP contribution in [0.15, 0.2) is 59.5 Å². The van der Waals surface area contributed by atoms with E-state index in [1.54, 1.807) is 6.20 Å². The fourth-order valence-electron chi connectivity index (χ4n) is 3.98. The first-order valence-corrected chi connectivity index (χ1v) is 10.1. The summed E-state index contributed by atoms with van der Waals surface area (Å²) >= 11 is 1.09. The molecule has 0 unspecified atom stereocenters. The summed E-state index contributed by atoms with van der Waals surface area (Å²) in [6.07, 6.45) is 4.62. The van der Waals surface area contributed by atoms with Gasteiger partial charge in [-0.05, 0) is 60.0 Å². The Morgan fingerprint density at radius 1 is 1.18 bits per heavy atom. The first-order chi connectivity index (χ1) is 13.7. The molecule has 0 saturated heterocycles. The minimum Gasteiger partial charge on any atom is -0.494 e. The largest absolute Gasteiger partial charge is 0.494 e. The number of hydrogen-bond acceptors (Lipinski definition) is 5. The molecule has 5 rings (SSSR count). The molecule has 28 heavy (non-hydrogen) atoms. The van der Waals surface area contributed by atoms with Crippen molar-refractivity contribution in [3.63, 3.8) is 0 Å². The molecule has 5 nitrogen and oxygen atoms in total. The maximum atomic E-state index is 11.6. The number of hydrogen-bond donors (Lipinski definition) is 2. The molecule has 0 amide bonds. The van der Waals surface area contributed by atoms with Crippen molar-refractivity contribution < 1.29 is 9.84 Å². The van der Waals surface area contributed by atoms with Crippen LogP contribution in [0.2, 0.25) is 0 Å². The summed E-state index contributed by atoms with van der Waals surface area (Å²) in [4.78, 5) is 19.0. The van der Waals surface area contributed by atoms with Crippen molar-refractivity contribution in [1.29, 1.82) is 0 Å². The number of benzene rings is 2. The fourth-order valence-corrected chi connectivity index (χ4v) is 4.86. The molecule has 2 aromatic heterocycles. The standard InChI is InChI=1S/C22H18N2O3S/c25-20-19(28-22(26)24-20)18-7-3-5-14-12-15(8-9-16(14)18)27-21-17-6-2-1-4-13(17)10-11-23-21/h1-2,4,6,8-12,18,25H,3,5,7H2,(H,24,26)/t18-/m1/s1. The van der Waals surface area contributed by atoms with Crippen molar-refractivity contribution in [3.05, 3.63) is 80.4 Å². The molecule has 2 heterocycles. The summed E-state index contributed by atoms with van der Waals surface area (Å²) in [6, 6.07) is 16.0. The Kier molecular flexibility index (Phi) is 4.13. The van der Waals surface area contributed by atoms with Crippen LogP contribution in [0.25, 0.3) is 10.8 Å². The van der Waals surface area contributed by atoms with Crippen molar-refractivity contribution in [1.82, 2.24) is 9.97 Å². The number of ether oxygens (including phenoxy) is 1. The van der Waals surface area contributed by atoms with Crippen molar-refractivity contribution >= 4 is 22.1 Å². The average molecular weight is 390 g/mol. The Labute approximate surface area is 165 Å². The second-order valence-corrected chi connectivity index (χ2v) is 7.99. The molecular weight excluding hydrogens is 372 g/mol. The van der Waals surface area contributed by atoms with Crippen LogP contribution in [0.3, 0.4) is 0 Å². The van der Waals surface area contributed by atoms with E-state index in [9.17, 15) is 9.90 Å². The predicted molar refractivity (Wildman–Crippen MR) is 110 cm³/mol. The van der Waals surface area contributed by atoms with E-state index in [4.69, 9.17) is 4.74 Å². The molecular formula is C22H18N2O3S. The molecule has 140 valence electrons. The Balaban J connectivity index is 1.50.